The Labute approximate surface area is 127 Å². The lowest BCUT2D eigenvalue weighted by Crippen LogP contribution is -2.13. The maximum atomic E-state index is 5.64. The number of hydrogen-bond acceptors (Lipinski definition) is 2. The Morgan fingerprint density at radius 2 is 1.84 bits per heavy atom. The molecule has 19 heavy (non-hydrogen) atoms. The maximum absolute atomic E-state index is 5.64. The summed E-state index contributed by atoms with van der Waals surface area (Å²) >= 11 is 8.57. The van der Waals surface area contributed by atoms with Crippen LogP contribution >= 0.6 is 28.1 Å². The van der Waals surface area contributed by atoms with E-state index in [1.165, 1.54) is 11.3 Å². The van der Waals surface area contributed by atoms with Crippen LogP contribution in [0.1, 0.15) is 11.1 Å². The van der Waals surface area contributed by atoms with E-state index >= 15 is 0 Å². The highest BCUT2D eigenvalue weighted by molar-refractivity contribution is 9.10. The molecule has 0 saturated heterocycles. The Hall–Kier alpha value is -1.39. The van der Waals surface area contributed by atoms with E-state index in [1.807, 2.05) is 37.4 Å². The molecule has 0 aliphatic heterocycles. The Bertz CT molecular complexity index is 625. The van der Waals surface area contributed by atoms with E-state index < -0.39 is 0 Å². The van der Waals surface area contributed by atoms with Crippen LogP contribution in [0.5, 0.6) is 0 Å². The topological polar surface area (TPSA) is 29.3 Å². The molecule has 0 aliphatic carbocycles. The van der Waals surface area contributed by atoms with Gasteiger partial charge >= 0.3 is 0 Å². The second kappa shape index (κ2) is 5.72. The highest BCUT2D eigenvalue weighted by Gasteiger charge is 2.10. The van der Waals surface area contributed by atoms with E-state index in [0.29, 0.717) is 4.99 Å². The van der Waals surface area contributed by atoms with Crippen molar-refractivity contribution in [3.8, 4) is 0 Å². The smallest absolute Gasteiger partial charge is 0.104 e. The molecule has 2 aromatic carbocycles. The fraction of sp³-hybridized carbons (Fsp3) is 0.133. The SMILES string of the molecule is Cc1ccccc1N(C)c1ccc(C(N)=S)cc1Br. The van der Waals surface area contributed by atoms with Crippen LogP contribution in [0.4, 0.5) is 11.4 Å². The number of para-hydroxylation sites is 1. The first-order valence-corrected chi connectivity index (χ1v) is 7.09. The zero-order valence-electron chi connectivity index (χ0n) is 10.9. The molecule has 2 nitrogen and oxygen atoms in total. The van der Waals surface area contributed by atoms with E-state index in [2.05, 4.69) is 39.9 Å². The minimum Gasteiger partial charge on any atom is -0.389 e. The highest BCUT2D eigenvalue weighted by atomic mass is 79.9. The van der Waals surface area contributed by atoms with Gasteiger partial charge in [0.05, 0.1) is 5.69 Å². The van der Waals surface area contributed by atoms with E-state index in [1.54, 1.807) is 0 Å². The summed E-state index contributed by atoms with van der Waals surface area (Å²) in [4.78, 5) is 2.55. The standard InChI is InChI=1S/C15H15BrN2S/c1-10-5-3-4-6-13(10)18(2)14-8-7-11(15(17)19)9-12(14)16/h3-9H,1-2H3,(H2,17,19). The predicted octanol–water partition coefficient (Wildman–Crippen LogP) is 4.16. The van der Waals surface area contributed by atoms with Gasteiger partial charge in [-0.3, -0.25) is 0 Å². The molecule has 0 radical (unpaired) electrons. The number of halogens is 1. The number of benzene rings is 2. The van der Waals surface area contributed by atoms with Crippen LogP contribution in [0.25, 0.3) is 0 Å². The summed E-state index contributed by atoms with van der Waals surface area (Å²) in [6.45, 7) is 2.10. The summed E-state index contributed by atoms with van der Waals surface area (Å²) in [7, 11) is 2.04. The molecule has 98 valence electrons. The summed E-state index contributed by atoms with van der Waals surface area (Å²) in [5, 5.41) is 0. The number of nitrogens with zero attached hydrogens (tertiary/aromatic N) is 1. The van der Waals surface area contributed by atoms with Crippen molar-refractivity contribution in [3.63, 3.8) is 0 Å². The fourth-order valence-corrected chi connectivity index (χ4v) is 2.77. The molecule has 0 unspecified atom stereocenters. The van der Waals surface area contributed by atoms with Crippen molar-refractivity contribution in [2.24, 2.45) is 5.73 Å². The first kappa shape index (κ1) is 14.0. The highest BCUT2D eigenvalue weighted by Crippen LogP contribution is 2.33. The van der Waals surface area contributed by atoms with Crippen molar-refractivity contribution >= 4 is 44.5 Å². The lowest BCUT2D eigenvalue weighted by atomic mass is 10.1. The molecule has 2 rings (SSSR count). The molecule has 0 aliphatic rings. The van der Waals surface area contributed by atoms with Gasteiger partial charge < -0.3 is 10.6 Å². The summed E-state index contributed by atoms with van der Waals surface area (Å²) in [6, 6.07) is 14.2. The number of hydrogen-bond donors (Lipinski definition) is 1. The van der Waals surface area contributed by atoms with Gasteiger partial charge in [0.1, 0.15) is 4.99 Å². The normalized spacial score (nSPS) is 10.3. The van der Waals surface area contributed by atoms with E-state index in [-0.39, 0.29) is 0 Å². The molecular formula is C15H15BrN2S. The van der Waals surface area contributed by atoms with Crippen LogP contribution in [-0.4, -0.2) is 12.0 Å². The van der Waals surface area contributed by atoms with Gasteiger partial charge in [-0.15, -0.1) is 0 Å². The minimum atomic E-state index is 0.408. The third-order valence-electron chi connectivity index (χ3n) is 3.07. The number of rotatable bonds is 3. The quantitative estimate of drug-likeness (QED) is 0.854. The van der Waals surface area contributed by atoms with Gasteiger partial charge in [-0.1, -0.05) is 30.4 Å². The summed E-state index contributed by atoms with van der Waals surface area (Å²) in [5.41, 5.74) is 9.99. The molecule has 0 atom stereocenters. The van der Waals surface area contributed by atoms with Crippen molar-refractivity contribution in [3.05, 3.63) is 58.1 Å². The number of aryl methyl sites for hydroxylation is 1. The average Bonchev–Trinajstić information content (AvgIpc) is 2.38. The molecule has 2 aromatic rings. The third kappa shape index (κ3) is 2.96. The Kier molecular flexibility index (Phi) is 4.22. The zero-order valence-corrected chi connectivity index (χ0v) is 13.3. The van der Waals surface area contributed by atoms with Crippen LogP contribution < -0.4 is 10.6 Å². The van der Waals surface area contributed by atoms with Crippen LogP contribution in [0, 0.1) is 6.92 Å². The number of thiocarbonyl (C=S) groups is 1. The van der Waals surface area contributed by atoms with Gasteiger partial charge in [-0.05, 0) is 52.7 Å². The monoisotopic (exact) mass is 334 g/mol. The van der Waals surface area contributed by atoms with Gasteiger partial charge in [0.2, 0.25) is 0 Å². The van der Waals surface area contributed by atoms with Gasteiger partial charge in [0, 0.05) is 22.8 Å². The van der Waals surface area contributed by atoms with Crippen molar-refractivity contribution in [2.45, 2.75) is 6.92 Å². The molecule has 0 aromatic heterocycles. The van der Waals surface area contributed by atoms with Gasteiger partial charge in [0.15, 0.2) is 0 Å². The van der Waals surface area contributed by atoms with Crippen molar-refractivity contribution in [1.82, 2.24) is 0 Å². The molecule has 0 amide bonds. The Morgan fingerprint density at radius 1 is 1.16 bits per heavy atom. The van der Waals surface area contributed by atoms with Gasteiger partial charge in [-0.25, -0.2) is 0 Å². The predicted molar refractivity (Wildman–Crippen MR) is 89.3 cm³/mol. The molecule has 0 fully saturated rings. The third-order valence-corrected chi connectivity index (χ3v) is 3.94. The van der Waals surface area contributed by atoms with Crippen LogP contribution in [0.2, 0.25) is 0 Å². The first-order chi connectivity index (χ1) is 9.00. The second-order valence-electron chi connectivity index (χ2n) is 4.38. The molecule has 2 N–H and O–H groups in total. The van der Waals surface area contributed by atoms with E-state index in [4.69, 9.17) is 18.0 Å². The van der Waals surface area contributed by atoms with Crippen LogP contribution in [-0.2, 0) is 0 Å². The van der Waals surface area contributed by atoms with Crippen molar-refractivity contribution < 1.29 is 0 Å². The molecule has 0 saturated carbocycles. The summed E-state index contributed by atoms with van der Waals surface area (Å²) in [6.07, 6.45) is 0. The molecule has 4 heteroatoms. The number of anilines is 2. The number of nitrogens with two attached hydrogens (primary N) is 1. The molecule has 0 bridgehead atoms. The van der Waals surface area contributed by atoms with Crippen LogP contribution in [0.3, 0.4) is 0 Å². The molecule has 0 spiro atoms. The lowest BCUT2D eigenvalue weighted by molar-refractivity contribution is 1.18. The zero-order chi connectivity index (χ0) is 14.0. The largest absolute Gasteiger partial charge is 0.389 e. The summed E-state index contributed by atoms with van der Waals surface area (Å²) < 4.78 is 0.976. The maximum Gasteiger partial charge on any atom is 0.104 e. The Balaban J connectivity index is 2.42. The average molecular weight is 335 g/mol. The fourth-order valence-electron chi connectivity index (χ4n) is 2.00. The van der Waals surface area contributed by atoms with Crippen molar-refractivity contribution in [1.29, 1.82) is 0 Å². The second-order valence-corrected chi connectivity index (χ2v) is 5.67. The van der Waals surface area contributed by atoms with E-state index in [0.717, 1.165) is 15.7 Å². The van der Waals surface area contributed by atoms with Crippen molar-refractivity contribution in [2.75, 3.05) is 11.9 Å². The lowest BCUT2D eigenvalue weighted by Gasteiger charge is -2.23. The first-order valence-electron chi connectivity index (χ1n) is 5.89. The Morgan fingerprint density at radius 3 is 2.42 bits per heavy atom. The van der Waals surface area contributed by atoms with E-state index in [9.17, 15) is 0 Å². The van der Waals surface area contributed by atoms with Gasteiger partial charge in [0.25, 0.3) is 0 Å². The summed E-state index contributed by atoms with van der Waals surface area (Å²) in [5.74, 6) is 0. The minimum absolute atomic E-state index is 0.408. The molecule has 0 heterocycles. The van der Waals surface area contributed by atoms with Gasteiger partial charge in [-0.2, -0.15) is 0 Å². The van der Waals surface area contributed by atoms with Crippen LogP contribution in [0.15, 0.2) is 46.9 Å². The molecular weight excluding hydrogens is 320 g/mol.